The summed E-state index contributed by atoms with van der Waals surface area (Å²) in [7, 11) is 0. The highest BCUT2D eigenvalue weighted by Crippen LogP contribution is 2.29. The Kier molecular flexibility index (Phi) is 3.70. The molecule has 1 heterocycles. The largest absolute Gasteiger partial charge is 0.507 e. The van der Waals surface area contributed by atoms with E-state index in [2.05, 4.69) is 54.8 Å². The Balaban J connectivity index is 2.11. The fraction of sp³-hybridized carbons (Fsp3) is 0.263. The van der Waals surface area contributed by atoms with Crippen LogP contribution in [0.5, 0.6) is 5.75 Å². The second-order valence-electron chi connectivity index (χ2n) is 6.02. The Morgan fingerprint density at radius 1 is 1.00 bits per heavy atom. The average molecular weight is 279 g/mol. The summed E-state index contributed by atoms with van der Waals surface area (Å²) in [6.45, 7) is 5.30. The van der Waals surface area contributed by atoms with Crippen molar-refractivity contribution < 1.29 is 5.11 Å². The molecule has 108 valence electrons. The molecule has 0 aliphatic carbocycles. The molecule has 0 saturated heterocycles. The summed E-state index contributed by atoms with van der Waals surface area (Å²) in [5.41, 5.74) is 3.67. The van der Waals surface area contributed by atoms with Gasteiger partial charge in [-0.2, -0.15) is 0 Å². The maximum absolute atomic E-state index is 10.1. The molecule has 0 bridgehead atoms. The van der Waals surface area contributed by atoms with Crippen LogP contribution in [0.3, 0.4) is 0 Å². The van der Waals surface area contributed by atoms with Crippen molar-refractivity contribution in [3.63, 3.8) is 0 Å². The molecule has 0 fully saturated rings. The molecular formula is C19H21NO. The molecule has 3 aromatic rings. The number of aromatic hydroxyl groups is 1. The molecule has 0 amide bonds. The van der Waals surface area contributed by atoms with E-state index < -0.39 is 0 Å². The van der Waals surface area contributed by atoms with Gasteiger partial charge in [-0.05, 0) is 36.1 Å². The van der Waals surface area contributed by atoms with Gasteiger partial charge in [0.1, 0.15) is 5.75 Å². The molecule has 3 rings (SSSR count). The van der Waals surface area contributed by atoms with Crippen molar-refractivity contribution in [1.29, 1.82) is 0 Å². The number of nitrogens with zero attached hydrogens (tertiary/aromatic N) is 1. The highest BCUT2D eigenvalue weighted by molar-refractivity contribution is 5.87. The first-order valence-electron chi connectivity index (χ1n) is 7.49. The zero-order chi connectivity index (χ0) is 14.8. The standard InChI is InChI=1S/C19H21NO/c1-14(2)11-16-12-17-18(9-6-10-19(17)21)20(16)13-15-7-4-3-5-8-15/h3-10,12,14,21H,11,13H2,1-2H3. The summed E-state index contributed by atoms with van der Waals surface area (Å²) in [4.78, 5) is 0. The number of phenolic OH excluding ortho intramolecular Hbond substituents is 1. The van der Waals surface area contributed by atoms with E-state index in [0.717, 1.165) is 23.9 Å². The molecular weight excluding hydrogens is 258 g/mol. The van der Waals surface area contributed by atoms with Gasteiger partial charge in [0.25, 0.3) is 0 Å². The van der Waals surface area contributed by atoms with Crippen LogP contribution in [0.15, 0.2) is 54.6 Å². The van der Waals surface area contributed by atoms with E-state index in [9.17, 15) is 5.11 Å². The third-order valence-electron chi connectivity index (χ3n) is 3.81. The summed E-state index contributed by atoms with van der Waals surface area (Å²) < 4.78 is 2.32. The molecule has 0 aliphatic heterocycles. The van der Waals surface area contributed by atoms with Gasteiger partial charge in [-0.1, -0.05) is 50.2 Å². The van der Waals surface area contributed by atoms with Crippen molar-refractivity contribution in [2.24, 2.45) is 5.92 Å². The molecule has 21 heavy (non-hydrogen) atoms. The first-order chi connectivity index (χ1) is 10.1. The maximum atomic E-state index is 10.1. The lowest BCUT2D eigenvalue weighted by Gasteiger charge is -2.12. The maximum Gasteiger partial charge on any atom is 0.124 e. The summed E-state index contributed by atoms with van der Waals surface area (Å²) >= 11 is 0. The molecule has 2 nitrogen and oxygen atoms in total. The van der Waals surface area contributed by atoms with Crippen LogP contribution >= 0.6 is 0 Å². The van der Waals surface area contributed by atoms with E-state index >= 15 is 0 Å². The highest BCUT2D eigenvalue weighted by atomic mass is 16.3. The zero-order valence-electron chi connectivity index (χ0n) is 12.6. The molecule has 2 heteroatoms. The number of hydrogen-bond donors (Lipinski definition) is 1. The number of hydrogen-bond acceptors (Lipinski definition) is 1. The van der Waals surface area contributed by atoms with Crippen molar-refractivity contribution in [3.05, 3.63) is 65.9 Å². The Labute approximate surface area is 125 Å². The second kappa shape index (κ2) is 5.65. The van der Waals surface area contributed by atoms with E-state index in [1.54, 1.807) is 6.07 Å². The third-order valence-corrected chi connectivity index (χ3v) is 3.81. The number of phenols is 1. The van der Waals surface area contributed by atoms with Gasteiger partial charge >= 0.3 is 0 Å². The van der Waals surface area contributed by atoms with Gasteiger partial charge in [0.2, 0.25) is 0 Å². The molecule has 0 spiro atoms. The van der Waals surface area contributed by atoms with E-state index in [1.165, 1.54) is 11.3 Å². The molecule has 0 aliphatic rings. The Morgan fingerprint density at radius 2 is 1.76 bits per heavy atom. The van der Waals surface area contributed by atoms with Gasteiger partial charge in [0, 0.05) is 17.6 Å². The van der Waals surface area contributed by atoms with Crippen molar-refractivity contribution in [3.8, 4) is 5.75 Å². The van der Waals surface area contributed by atoms with Gasteiger partial charge in [-0.3, -0.25) is 0 Å². The fourth-order valence-corrected chi connectivity index (χ4v) is 2.86. The number of fused-ring (bicyclic) bond motifs is 1. The topological polar surface area (TPSA) is 25.2 Å². The molecule has 2 aromatic carbocycles. The quantitative estimate of drug-likeness (QED) is 0.742. The van der Waals surface area contributed by atoms with Crippen molar-refractivity contribution in [1.82, 2.24) is 4.57 Å². The first kappa shape index (κ1) is 13.7. The summed E-state index contributed by atoms with van der Waals surface area (Å²) in [6, 6.07) is 18.4. The van der Waals surface area contributed by atoms with Crippen LogP contribution in [0.1, 0.15) is 25.1 Å². The van der Waals surface area contributed by atoms with Crippen molar-refractivity contribution >= 4 is 10.9 Å². The lowest BCUT2D eigenvalue weighted by molar-refractivity contribution is 0.481. The molecule has 0 saturated carbocycles. The first-order valence-corrected chi connectivity index (χ1v) is 7.49. The predicted molar refractivity (Wildman–Crippen MR) is 87.7 cm³/mol. The molecule has 0 atom stereocenters. The molecule has 0 radical (unpaired) electrons. The summed E-state index contributed by atoms with van der Waals surface area (Å²) in [5, 5.41) is 11.0. The van der Waals surface area contributed by atoms with Crippen LogP contribution in [0.2, 0.25) is 0 Å². The second-order valence-corrected chi connectivity index (χ2v) is 6.02. The van der Waals surface area contributed by atoms with Crippen LogP contribution in [0.25, 0.3) is 10.9 Å². The van der Waals surface area contributed by atoms with Crippen molar-refractivity contribution in [2.75, 3.05) is 0 Å². The Bertz CT molecular complexity index is 741. The third kappa shape index (κ3) is 2.80. The van der Waals surface area contributed by atoms with E-state index in [0.29, 0.717) is 11.7 Å². The normalized spacial score (nSPS) is 11.4. The van der Waals surface area contributed by atoms with Gasteiger partial charge in [0.05, 0.1) is 5.52 Å². The van der Waals surface area contributed by atoms with E-state index in [-0.39, 0.29) is 0 Å². The molecule has 1 N–H and O–H groups in total. The van der Waals surface area contributed by atoms with Crippen LogP contribution in [0.4, 0.5) is 0 Å². The van der Waals surface area contributed by atoms with Crippen LogP contribution in [-0.4, -0.2) is 9.67 Å². The average Bonchev–Trinajstić information content (AvgIpc) is 2.79. The van der Waals surface area contributed by atoms with Crippen LogP contribution < -0.4 is 0 Å². The smallest absolute Gasteiger partial charge is 0.124 e. The lowest BCUT2D eigenvalue weighted by atomic mass is 10.1. The fourth-order valence-electron chi connectivity index (χ4n) is 2.86. The Hall–Kier alpha value is -2.22. The summed E-state index contributed by atoms with van der Waals surface area (Å²) in [5.74, 6) is 0.954. The monoisotopic (exact) mass is 279 g/mol. The minimum atomic E-state index is 0.365. The van der Waals surface area contributed by atoms with E-state index in [4.69, 9.17) is 0 Å². The van der Waals surface area contributed by atoms with Gasteiger partial charge in [-0.25, -0.2) is 0 Å². The Morgan fingerprint density at radius 3 is 2.48 bits per heavy atom. The predicted octanol–water partition coefficient (Wildman–Crippen LogP) is 4.59. The van der Waals surface area contributed by atoms with Gasteiger partial charge in [0.15, 0.2) is 0 Å². The number of benzene rings is 2. The number of rotatable bonds is 4. The SMILES string of the molecule is CC(C)Cc1cc2c(O)cccc2n1Cc1ccccc1. The molecule has 0 unspecified atom stereocenters. The zero-order valence-corrected chi connectivity index (χ0v) is 12.6. The minimum Gasteiger partial charge on any atom is -0.507 e. The summed E-state index contributed by atoms with van der Waals surface area (Å²) in [6.07, 6.45) is 1.01. The minimum absolute atomic E-state index is 0.365. The van der Waals surface area contributed by atoms with Crippen LogP contribution in [0, 0.1) is 5.92 Å². The highest BCUT2D eigenvalue weighted by Gasteiger charge is 2.12. The van der Waals surface area contributed by atoms with Crippen LogP contribution in [-0.2, 0) is 13.0 Å². The molecule has 1 aromatic heterocycles. The van der Waals surface area contributed by atoms with Gasteiger partial charge < -0.3 is 9.67 Å². The van der Waals surface area contributed by atoms with Crippen molar-refractivity contribution in [2.45, 2.75) is 26.8 Å². The lowest BCUT2D eigenvalue weighted by Crippen LogP contribution is -2.06. The van der Waals surface area contributed by atoms with Gasteiger partial charge in [-0.15, -0.1) is 0 Å². The number of aromatic nitrogens is 1. The van der Waals surface area contributed by atoms with E-state index in [1.807, 2.05) is 12.1 Å².